The number of nitrogen functional groups attached to an aromatic ring is 1. The molecular weight excluding hydrogens is 186 g/mol. The van der Waals surface area contributed by atoms with Gasteiger partial charge < -0.3 is 11.1 Å². The number of benzene rings is 1. The van der Waals surface area contributed by atoms with Crippen molar-refractivity contribution < 1.29 is 0 Å². The third kappa shape index (κ3) is 3.27. The quantitative estimate of drug-likeness (QED) is 0.513. The molecule has 0 aliphatic heterocycles. The summed E-state index contributed by atoms with van der Waals surface area (Å²) in [5, 5.41) is 10.9. The van der Waals surface area contributed by atoms with Gasteiger partial charge in [-0.1, -0.05) is 11.6 Å². The van der Waals surface area contributed by atoms with Crippen LogP contribution in [-0.2, 0) is 0 Å². The lowest BCUT2D eigenvalue weighted by molar-refractivity contribution is 0.634. The highest BCUT2D eigenvalue weighted by atomic mass is 15.0. The second-order valence-corrected chi connectivity index (χ2v) is 4.84. The highest BCUT2D eigenvalue weighted by Crippen LogP contribution is 2.20. The van der Waals surface area contributed by atoms with E-state index in [1.165, 1.54) is 0 Å². The van der Waals surface area contributed by atoms with Gasteiger partial charge in [0.25, 0.3) is 0 Å². The molecule has 0 aliphatic carbocycles. The molecule has 1 aromatic rings. The van der Waals surface area contributed by atoms with Crippen molar-refractivity contribution in [3.8, 4) is 0 Å². The predicted molar refractivity (Wildman–Crippen MR) is 65.6 cm³/mol. The summed E-state index contributed by atoms with van der Waals surface area (Å²) < 4.78 is 0. The van der Waals surface area contributed by atoms with Gasteiger partial charge in [0.15, 0.2) is 0 Å². The number of rotatable bonds is 2. The second-order valence-electron chi connectivity index (χ2n) is 4.84. The average Bonchev–Trinajstić information content (AvgIpc) is 2.05. The van der Waals surface area contributed by atoms with Gasteiger partial charge in [0.2, 0.25) is 0 Å². The van der Waals surface area contributed by atoms with Crippen LogP contribution in [0, 0.1) is 12.3 Å². The van der Waals surface area contributed by atoms with E-state index in [0.717, 1.165) is 16.8 Å². The van der Waals surface area contributed by atoms with Crippen molar-refractivity contribution >= 4 is 11.5 Å². The van der Waals surface area contributed by atoms with Crippen LogP contribution in [0.4, 0.5) is 5.69 Å². The summed E-state index contributed by atoms with van der Waals surface area (Å²) in [7, 11) is 0. The molecule has 15 heavy (non-hydrogen) atoms. The molecule has 0 radical (unpaired) electrons. The van der Waals surface area contributed by atoms with Gasteiger partial charge in [-0.3, -0.25) is 5.41 Å². The first-order chi connectivity index (χ1) is 6.79. The summed E-state index contributed by atoms with van der Waals surface area (Å²) in [6.45, 7) is 8.23. The van der Waals surface area contributed by atoms with Crippen LogP contribution >= 0.6 is 0 Å². The van der Waals surface area contributed by atoms with Crippen LogP contribution in [0.2, 0.25) is 0 Å². The third-order valence-electron chi connectivity index (χ3n) is 1.97. The minimum Gasteiger partial charge on any atom is -0.384 e. The van der Waals surface area contributed by atoms with Gasteiger partial charge in [-0.25, -0.2) is 0 Å². The van der Waals surface area contributed by atoms with Gasteiger partial charge in [0.1, 0.15) is 5.84 Å². The minimum atomic E-state index is -0.0283. The lowest BCUT2D eigenvalue weighted by Gasteiger charge is -2.24. The molecule has 0 amide bonds. The van der Waals surface area contributed by atoms with E-state index in [1.54, 1.807) is 0 Å². The van der Waals surface area contributed by atoms with E-state index in [-0.39, 0.29) is 11.4 Å². The maximum atomic E-state index is 7.52. The Balaban J connectivity index is 3.12. The topological polar surface area (TPSA) is 61.9 Å². The number of amidine groups is 1. The van der Waals surface area contributed by atoms with Gasteiger partial charge in [-0.2, -0.15) is 0 Å². The van der Waals surface area contributed by atoms with E-state index >= 15 is 0 Å². The molecule has 0 aromatic heterocycles. The molecular formula is C12H19N3. The van der Waals surface area contributed by atoms with E-state index in [2.05, 4.69) is 26.1 Å². The Morgan fingerprint density at radius 2 is 1.93 bits per heavy atom. The van der Waals surface area contributed by atoms with Crippen molar-refractivity contribution in [1.29, 1.82) is 5.41 Å². The van der Waals surface area contributed by atoms with Gasteiger partial charge in [0, 0.05) is 16.8 Å². The number of aryl methyl sites for hydroxylation is 1. The first kappa shape index (κ1) is 11.6. The lowest BCUT2D eigenvalue weighted by Crippen LogP contribution is -2.28. The first-order valence-corrected chi connectivity index (χ1v) is 5.03. The van der Waals surface area contributed by atoms with Crippen LogP contribution in [-0.4, -0.2) is 11.4 Å². The van der Waals surface area contributed by atoms with Crippen LogP contribution in [0.1, 0.15) is 31.9 Å². The normalized spacial score (nSPS) is 11.2. The summed E-state index contributed by atoms with van der Waals surface area (Å²) in [5.41, 5.74) is 8.31. The molecule has 1 aromatic carbocycles. The van der Waals surface area contributed by atoms with Crippen molar-refractivity contribution in [3.05, 3.63) is 29.3 Å². The summed E-state index contributed by atoms with van der Waals surface area (Å²) in [5.74, 6) is 0.102. The fourth-order valence-corrected chi connectivity index (χ4v) is 1.39. The van der Waals surface area contributed by atoms with Crippen LogP contribution in [0.15, 0.2) is 18.2 Å². The zero-order chi connectivity index (χ0) is 11.6. The molecule has 0 heterocycles. The van der Waals surface area contributed by atoms with Crippen molar-refractivity contribution in [2.75, 3.05) is 5.32 Å². The van der Waals surface area contributed by atoms with Gasteiger partial charge >= 0.3 is 0 Å². The number of hydrogen-bond donors (Lipinski definition) is 3. The summed E-state index contributed by atoms with van der Waals surface area (Å²) >= 11 is 0. The fraction of sp³-hybridized carbons (Fsp3) is 0.417. The van der Waals surface area contributed by atoms with Crippen LogP contribution in [0.25, 0.3) is 0 Å². The Morgan fingerprint density at radius 3 is 2.40 bits per heavy atom. The molecule has 3 heteroatoms. The highest BCUT2D eigenvalue weighted by molar-refractivity contribution is 6.00. The number of anilines is 1. The Morgan fingerprint density at radius 1 is 1.33 bits per heavy atom. The zero-order valence-electron chi connectivity index (χ0n) is 9.81. The van der Waals surface area contributed by atoms with Crippen molar-refractivity contribution in [1.82, 2.24) is 0 Å². The van der Waals surface area contributed by atoms with Gasteiger partial charge in [-0.15, -0.1) is 0 Å². The molecule has 4 N–H and O–H groups in total. The van der Waals surface area contributed by atoms with E-state index < -0.39 is 0 Å². The molecule has 0 fully saturated rings. The highest BCUT2D eigenvalue weighted by Gasteiger charge is 2.13. The smallest absolute Gasteiger partial charge is 0.124 e. The molecule has 3 nitrogen and oxygen atoms in total. The van der Waals surface area contributed by atoms with Crippen molar-refractivity contribution in [3.63, 3.8) is 0 Å². The lowest BCUT2D eigenvalue weighted by atomic mass is 10.0. The van der Waals surface area contributed by atoms with E-state index in [0.29, 0.717) is 0 Å². The Hall–Kier alpha value is -1.51. The van der Waals surface area contributed by atoms with E-state index in [9.17, 15) is 0 Å². The molecule has 0 saturated carbocycles. The third-order valence-corrected chi connectivity index (χ3v) is 1.97. The van der Waals surface area contributed by atoms with Gasteiger partial charge in [-0.05, 0) is 39.8 Å². The molecule has 0 unspecified atom stereocenters. The Labute approximate surface area is 91.2 Å². The van der Waals surface area contributed by atoms with Gasteiger partial charge in [0.05, 0.1) is 0 Å². The monoisotopic (exact) mass is 205 g/mol. The number of hydrogen-bond acceptors (Lipinski definition) is 2. The van der Waals surface area contributed by atoms with E-state index in [4.69, 9.17) is 11.1 Å². The van der Waals surface area contributed by atoms with Crippen molar-refractivity contribution in [2.45, 2.75) is 33.2 Å². The first-order valence-electron chi connectivity index (χ1n) is 5.03. The average molecular weight is 205 g/mol. The Kier molecular flexibility index (Phi) is 3.03. The standard InChI is InChI=1S/C12H19N3/c1-8-5-6-10(15-12(2,3)4)9(7-8)11(13)14/h5-7,15H,1-4H3,(H3,13,14). The van der Waals surface area contributed by atoms with Crippen LogP contribution < -0.4 is 11.1 Å². The Bertz CT molecular complexity index is 375. The summed E-state index contributed by atoms with van der Waals surface area (Å²) in [4.78, 5) is 0. The molecule has 0 saturated heterocycles. The van der Waals surface area contributed by atoms with Crippen LogP contribution in [0.5, 0.6) is 0 Å². The molecule has 0 bridgehead atoms. The molecule has 0 atom stereocenters. The predicted octanol–water partition coefficient (Wildman–Crippen LogP) is 2.49. The second kappa shape index (κ2) is 3.93. The number of nitrogens with two attached hydrogens (primary N) is 1. The number of nitrogens with one attached hydrogen (secondary N) is 2. The van der Waals surface area contributed by atoms with Crippen LogP contribution in [0.3, 0.4) is 0 Å². The van der Waals surface area contributed by atoms with E-state index in [1.807, 2.05) is 25.1 Å². The fourth-order valence-electron chi connectivity index (χ4n) is 1.39. The largest absolute Gasteiger partial charge is 0.384 e. The molecule has 0 aliphatic rings. The molecule has 0 spiro atoms. The summed E-state index contributed by atoms with van der Waals surface area (Å²) in [6, 6.07) is 5.91. The zero-order valence-corrected chi connectivity index (χ0v) is 9.81. The SMILES string of the molecule is Cc1ccc(NC(C)(C)C)c(C(=N)N)c1. The minimum absolute atomic E-state index is 0.0283. The molecule has 1 rings (SSSR count). The maximum absolute atomic E-state index is 7.52. The van der Waals surface area contributed by atoms with Crippen molar-refractivity contribution in [2.24, 2.45) is 5.73 Å². The summed E-state index contributed by atoms with van der Waals surface area (Å²) in [6.07, 6.45) is 0. The molecule has 82 valence electrons. The maximum Gasteiger partial charge on any atom is 0.124 e.